The van der Waals surface area contributed by atoms with Gasteiger partial charge in [0.2, 0.25) is 0 Å². The maximum Gasteiger partial charge on any atom is 0.280 e. The third-order valence-electron chi connectivity index (χ3n) is 3.21. The smallest absolute Gasteiger partial charge is 0.280 e. The summed E-state index contributed by atoms with van der Waals surface area (Å²) in [5, 5.41) is 11.1. The summed E-state index contributed by atoms with van der Waals surface area (Å²) in [4.78, 5) is 29.6. The third-order valence-corrected chi connectivity index (χ3v) is 4.25. The molecule has 0 spiro atoms. The number of hydrogen-bond donors (Lipinski definition) is 1. The van der Waals surface area contributed by atoms with E-state index < -0.39 is 4.92 Å². The van der Waals surface area contributed by atoms with E-state index in [1.165, 1.54) is 6.07 Å². The van der Waals surface area contributed by atoms with Gasteiger partial charge < -0.3 is 4.98 Å². The third kappa shape index (κ3) is 2.33. The van der Waals surface area contributed by atoms with Gasteiger partial charge in [0.1, 0.15) is 5.82 Å². The van der Waals surface area contributed by atoms with Crippen LogP contribution in [0.3, 0.4) is 0 Å². The van der Waals surface area contributed by atoms with Crippen LogP contribution in [0.25, 0.3) is 11.4 Å². The molecule has 3 rings (SSSR count). The number of para-hydroxylation sites is 1. The summed E-state index contributed by atoms with van der Waals surface area (Å²) in [5.74, 6) is 0.579. The Hall–Kier alpha value is -1.77. The number of nitro benzene ring substituents is 1. The van der Waals surface area contributed by atoms with Crippen LogP contribution in [0.15, 0.2) is 29.1 Å². The molecule has 0 saturated heterocycles. The van der Waals surface area contributed by atoms with Gasteiger partial charge in [-0.2, -0.15) is 0 Å². The van der Waals surface area contributed by atoms with Crippen LogP contribution in [0.1, 0.15) is 24.5 Å². The van der Waals surface area contributed by atoms with E-state index in [1.54, 1.807) is 18.2 Å². The molecule has 20 heavy (non-hydrogen) atoms. The lowest BCUT2D eigenvalue weighted by Crippen LogP contribution is -2.16. The van der Waals surface area contributed by atoms with Crippen LogP contribution in [0.5, 0.6) is 0 Å². The number of nitrogens with zero attached hydrogens (tertiary/aromatic N) is 2. The van der Waals surface area contributed by atoms with E-state index in [2.05, 4.69) is 9.97 Å². The van der Waals surface area contributed by atoms with Crippen molar-refractivity contribution in [3.05, 3.63) is 54.0 Å². The number of nitro groups is 1. The van der Waals surface area contributed by atoms with Gasteiger partial charge in [-0.3, -0.25) is 14.9 Å². The first-order valence-electron chi connectivity index (χ1n) is 6.11. The molecule has 0 atom stereocenters. The lowest BCUT2D eigenvalue weighted by atomic mass is 10.1. The Kier molecular flexibility index (Phi) is 3.28. The normalized spacial score (nSPS) is 14.2. The highest BCUT2D eigenvalue weighted by Crippen LogP contribution is 2.41. The van der Waals surface area contributed by atoms with Gasteiger partial charge in [0.05, 0.1) is 19.8 Å². The first-order valence-corrected chi connectivity index (χ1v) is 7.19. The molecule has 1 fully saturated rings. The highest BCUT2D eigenvalue weighted by Gasteiger charge is 2.29. The van der Waals surface area contributed by atoms with E-state index in [9.17, 15) is 14.9 Å². The molecule has 0 bridgehead atoms. The highest BCUT2D eigenvalue weighted by molar-refractivity contribution is 14.1. The Balaban J connectivity index is 2.20. The second-order valence-electron chi connectivity index (χ2n) is 4.66. The number of halogens is 1. The Labute approximate surface area is 127 Å². The summed E-state index contributed by atoms with van der Waals surface area (Å²) >= 11 is 1.98. The van der Waals surface area contributed by atoms with Crippen molar-refractivity contribution in [2.45, 2.75) is 18.8 Å². The molecule has 1 aromatic heterocycles. The Bertz CT molecular complexity index is 753. The zero-order valence-corrected chi connectivity index (χ0v) is 12.5. The van der Waals surface area contributed by atoms with Crippen LogP contribution >= 0.6 is 22.6 Å². The average molecular weight is 383 g/mol. The zero-order valence-electron chi connectivity index (χ0n) is 10.3. The average Bonchev–Trinajstić information content (AvgIpc) is 3.26. The molecular weight excluding hydrogens is 373 g/mol. The summed E-state index contributed by atoms with van der Waals surface area (Å²) in [6.45, 7) is 0. The second-order valence-corrected chi connectivity index (χ2v) is 5.74. The lowest BCUT2D eigenvalue weighted by molar-refractivity contribution is -0.384. The summed E-state index contributed by atoms with van der Waals surface area (Å²) in [5.41, 5.74) is 0.796. The fourth-order valence-corrected chi connectivity index (χ4v) is 2.76. The van der Waals surface area contributed by atoms with Crippen LogP contribution in [-0.2, 0) is 0 Å². The van der Waals surface area contributed by atoms with Gasteiger partial charge in [-0.15, -0.1) is 0 Å². The van der Waals surface area contributed by atoms with Gasteiger partial charge in [0.25, 0.3) is 11.2 Å². The number of hydrogen-bond acceptors (Lipinski definition) is 4. The fraction of sp³-hybridized carbons (Fsp3) is 0.231. The standard InChI is InChI=1S/C13H10IN3O3/c14-10-11(7-5-6-7)15-12(16-13(10)18)8-3-1-2-4-9(8)17(19)20/h1-4,7H,5-6H2,(H,15,16,18). The van der Waals surface area contributed by atoms with Gasteiger partial charge in [-0.1, -0.05) is 12.1 Å². The zero-order chi connectivity index (χ0) is 14.3. The Morgan fingerprint density at radius 2 is 2.05 bits per heavy atom. The summed E-state index contributed by atoms with van der Waals surface area (Å²) in [7, 11) is 0. The molecule has 1 saturated carbocycles. The fourth-order valence-electron chi connectivity index (χ4n) is 2.06. The maximum atomic E-state index is 12.0. The maximum absolute atomic E-state index is 12.0. The van der Waals surface area contributed by atoms with Crippen molar-refractivity contribution in [3.8, 4) is 11.4 Å². The molecule has 0 amide bonds. The molecule has 1 heterocycles. The molecular formula is C13H10IN3O3. The van der Waals surface area contributed by atoms with E-state index >= 15 is 0 Å². The van der Waals surface area contributed by atoms with E-state index in [-0.39, 0.29) is 17.1 Å². The van der Waals surface area contributed by atoms with E-state index in [1.807, 2.05) is 22.6 Å². The molecule has 0 aliphatic heterocycles. The molecule has 102 valence electrons. The topological polar surface area (TPSA) is 88.9 Å². The minimum atomic E-state index is -0.468. The minimum absolute atomic E-state index is 0.0568. The van der Waals surface area contributed by atoms with Gasteiger partial charge in [0, 0.05) is 12.0 Å². The monoisotopic (exact) mass is 383 g/mol. The molecule has 1 N–H and O–H groups in total. The molecule has 7 heteroatoms. The number of aromatic amines is 1. The van der Waals surface area contributed by atoms with Crippen LogP contribution in [0.2, 0.25) is 0 Å². The molecule has 0 unspecified atom stereocenters. The number of H-pyrrole nitrogens is 1. The van der Waals surface area contributed by atoms with Crippen molar-refractivity contribution in [1.29, 1.82) is 0 Å². The number of nitrogens with one attached hydrogen (secondary N) is 1. The molecule has 1 aliphatic rings. The molecule has 6 nitrogen and oxygen atoms in total. The van der Waals surface area contributed by atoms with Gasteiger partial charge >= 0.3 is 0 Å². The summed E-state index contributed by atoms with van der Waals surface area (Å²) in [6.07, 6.45) is 2.03. The molecule has 2 aromatic rings. The molecule has 1 aliphatic carbocycles. The largest absolute Gasteiger partial charge is 0.305 e. The van der Waals surface area contributed by atoms with Crippen molar-refractivity contribution in [3.63, 3.8) is 0 Å². The number of rotatable bonds is 3. The SMILES string of the molecule is O=c1[nH]c(-c2ccccc2[N+](=O)[O-])nc(C2CC2)c1I. The van der Waals surface area contributed by atoms with Crippen molar-refractivity contribution < 1.29 is 4.92 Å². The number of benzene rings is 1. The quantitative estimate of drug-likeness (QED) is 0.502. The summed E-state index contributed by atoms with van der Waals surface area (Å²) in [6, 6.07) is 6.29. The molecule has 1 aromatic carbocycles. The van der Waals surface area contributed by atoms with Crippen molar-refractivity contribution in [2.24, 2.45) is 0 Å². The molecule has 0 radical (unpaired) electrons. The van der Waals surface area contributed by atoms with Gasteiger partial charge in [0.15, 0.2) is 0 Å². The van der Waals surface area contributed by atoms with Gasteiger partial charge in [-0.25, -0.2) is 4.98 Å². The van der Waals surface area contributed by atoms with Crippen molar-refractivity contribution in [2.75, 3.05) is 0 Å². The van der Waals surface area contributed by atoms with E-state index in [0.717, 1.165) is 18.5 Å². The van der Waals surface area contributed by atoms with Gasteiger partial charge in [-0.05, 0) is 41.5 Å². The first-order chi connectivity index (χ1) is 9.58. The lowest BCUT2D eigenvalue weighted by Gasteiger charge is -2.06. The second kappa shape index (κ2) is 4.97. The van der Waals surface area contributed by atoms with Crippen LogP contribution in [-0.4, -0.2) is 14.9 Å². The summed E-state index contributed by atoms with van der Waals surface area (Å²) < 4.78 is 0.576. The van der Waals surface area contributed by atoms with Crippen LogP contribution in [0, 0.1) is 13.7 Å². The van der Waals surface area contributed by atoms with Crippen LogP contribution < -0.4 is 5.56 Å². The Morgan fingerprint density at radius 1 is 1.35 bits per heavy atom. The first kappa shape index (κ1) is 13.2. The van der Waals surface area contributed by atoms with E-state index in [4.69, 9.17) is 0 Å². The van der Waals surface area contributed by atoms with Crippen molar-refractivity contribution >= 4 is 28.3 Å². The predicted molar refractivity (Wildman–Crippen MR) is 81.6 cm³/mol. The minimum Gasteiger partial charge on any atom is -0.305 e. The van der Waals surface area contributed by atoms with E-state index in [0.29, 0.717) is 15.1 Å². The Morgan fingerprint density at radius 3 is 2.70 bits per heavy atom. The number of aromatic nitrogens is 2. The van der Waals surface area contributed by atoms with Crippen molar-refractivity contribution in [1.82, 2.24) is 9.97 Å². The predicted octanol–water partition coefficient (Wildman–Crippen LogP) is 2.83. The highest BCUT2D eigenvalue weighted by atomic mass is 127. The van der Waals surface area contributed by atoms with Crippen LogP contribution in [0.4, 0.5) is 5.69 Å².